The summed E-state index contributed by atoms with van der Waals surface area (Å²) in [6, 6.07) is 8.07. The molecular formula is C21H24FN3OS. The number of carbonyl (C=O) groups is 1. The highest BCUT2D eigenvalue weighted by atomic mass is 32.1. The molecule has 142 valence electrons. The number of Topliss-reactive ketones (excluding diaryl/α,β-unsaturated/α-hetero) is 1. The summed E-state index contributed by atoms with van der Waals surface area (Å²) < 4.78 is 16.4. The minimum atomic E-state index is -0.507. The number of thiol groups is 1. The number of allylic oxidation sites excluding steroid dienone is 1. The highest BCUT2D eigenvalue weighted by molar-refractivity contribution is 7.81. The Labute approximate surface area is 164 Å². The van der Waals surface area contributed by atoms with Crippen LogP contribution in [0.5, 0.6) is 0 Å². The van der Waals surface area contributed by atoms with Gasteiger partial charge in [0.1, 0.15) is 5.82 Å². The molecule has 0 N–H and O–H groups in total. The van der Waals surface area contributed by atoms with Crippen molar-refractivity contribution >= 4 is 18.4 Å². The quantitative estimate of drug-likeness (QED) is 0.609. The summed E-state index contributed by atoms with van der Waals surface area (Å²) >= 11 is 4.73. The lowest BCUT2D eigenvalue weighted by Crippen LogP contribution is -2.42. The maximum Gasteiger partial charge on any atom is 0.157 e. The van der Waals surface area contributed by atoms with E-state index in [2.05, 4.69) is 16.1 Å². The van der Waals surface area contributed by atoms with Crippen molar-refractivity contribution in [3.05, 3.63) is 65.8 Å². The van der Waals surface area contributed by atoms with Crippen LogP contribution in [0.3, 0.4) is 0 Å². The van der Waals surface area contributed by atoms with E-state index in [0.29, 0.717) is 18.7 Å². The minimum Gasteiger partial charge on any atom is -0.297 e. The second kappa shape index (κ2) is 7.98. The van der Waals surface area contributed by atoms with Crippen LogP contribution in [0, 0.1) is 11.7 Å². The number of rotatable bonds is 6. The average molecular weight is 386 g/mol. The number of ketones is 1. The molecule has 1 aromatic heterocycles. The average Bonchev–Trinajstić information content (AvgIpc) is 3.39. The standard InChI is InChI=1S/C21H24FN3OS/c22-18-5-2-1-4-17(18)20(21(26)15-6-7-15)24-12-9-19(27)16(14-24)8-13-25-11-3-10-23-25/h1-5,8,10-11,15,19-20,27H,6-7,9,12-14H2/b16-8+. The highest BCUT2D eigenvalue weighted by Crippen LogP contribution is 2.39. The number of piperidine rings is 1. The molecule has 4 rings (SSSR count). The number of hydrogen-bond donors (Lipinski definition) is 1. The van der Waals surface area contributed by atoms with Crippen molar-refractivity contribution < 1.29 is 9.18 Å². The van der Waals surface area contributed by atoms with E-state index in [-0.39, 0.29) is 22.8 Å². The predicted molar refractivity (Wildman–Crippen MR) is 106 cm³/mol. The summed E-state index contributed by atoms with van der Waals surface area (Å²) in [5, 5.41) is 4.39. The lowest BCUT2D eigenvalue weighted by Gasteiger charge is -2.37. The van der Waals surface area contributed by atoms with Gasteiger partial charge in [0, 0.05) is 42.2 Å². The molecule has 1 aliphatic carbocycles. The van der Waals surface area contributed by atoms with E-state index in [1.54, 1.807) is 18.3 Å². The van der Waals surface area contributed by atoms with Gasteiger partial charge in [-0.1, -0.05) is 24.3 Å². The van der Waals surface area contributed by atoms with E-state index in [0.717, 1.165) is 25.8 Å². The van der Waals surface area contributed by atoms with Crippen molar-refractivity contribution in [3.8, 4) is 0 Å². The molecule has 1 saturated heterocycles. The molecule has 27 heavy (non-hydrogen) atoms. The van der Waals surface area contributed by atoms with Crippen LogP contribution in [0.4, 0.5) is 4.39 Å². The van der Waals surface area contributed by atoms with Gasteiger partial charge in [0.2, 0.25) is 0 Å². The molecule has 1 aliphatic heterocycles. The molecule has 1 saturated carbocycles. The van der Waals surface area contributed by atoms with Gasteiger partial charge in [0.15, 0.2) is 5.78 Å². The van der Waals surface area contributed by atoms with Crippen molar-refractivity contribution in [2.75, 3.05) is 13.1 Å². The highest BCUT2D eigenvalue weighted by Gasteiger charge is 2.40. The lowest BCUT2D eigenvalue weighted by atomic mass is 9.93. The predicted octanol–water partition coefficient (Wildman–Crippen LogP) is 3.67. The second-order valence-electron chi connectivity index (χ2n) is 7.38. The Balaban J connectivity index is 1.59. The molecule has 2 atom stereocenters. The number of nitrogens with zero attached hydrogens (tertiary/aromatic N) is 3. The first-order chi connectivity index (χ1) is 13.1. The van der Waals surface area contributed by atoms with Crippen molar-refractivity contribution in [3.63, 3.8) is 0 Å². The maximum atomic E-state index is 14.5. The zero-order chi connectivity index (χ0) is 18.8. The largest absolute Gasteiger partial charge is 0.297 e. The lowest BCUT2D eigenvalue weighted by molar-refractivity contribution is -0.126. The van der Waals surface area contributed by atoms with E-state index in [4.69, 9.17) is 12.6 Å². The zero-order valence-corrected chi connectivity index (χ0v) is 16.1. The molecule has 2 heterocycles. The molecule has 2 unspecified atom stereocenters. The van der Waals surface area contributed by atoms with Gasteiger partial charge in [0.05, 0.1) is 12.6 Å². The first-order valence-electron chi connectivity index (χ1n) is 9.50. The molecule has 2 aromatic rings. The van der Waals surface area contributed by atoms with Crippen molar-refractivity contribution in [2.45, 2.75) is 37.1 Å². The Morgan fingerprint density at radius 1 is 1.30 bits per heavy atom. The third-order valence-electron chi connectivity index (χ3n) is 5.42. The fourth-order valence-corrected chi connectivity index (χ4v) is 4.05. The Morgan fingerprint density at radius 2 is 2.11 bits per heavy atom. The third-order valence-corrected chi connectivity index (χ3v) is 6.01. The van der Waals surface area contributed by atoms with Crippen molar-refractivity contribution in [1.82, 2.24) is 14.7 Å². The van der Waals surface area contributed by atoms with Crippen LogP contribution in [-0.2, 0) is 11.3 Å². The first-order valence-corrected chi connectivity index (χ1v) is 10.0. The molecule has 0 amide bonds. The van der Waals surface area contributed by atoms with Gasteiger partial charge >= 0.3 is 0 Å². The zero-order valence-electron chi connectivity index (χ0n) is 15.2. The third kappa shape index (κ3) is 4.17. The molecule has 0 radical (unpaired) electrons. The summed E-state index contributed by atoms with van der Waals surface area (Å²) in [5.41, 5.74) is 1.67. The van der Waals surface area contributed by atoms with Crippen LogP contribution in [0.15, 0.2) is 54.4 Å². The number of likely N-dealkylation sites (tertiary alicyclic amines) is 1. The molecule has 6 heteroatoms. The SMILES string of the molecule is O=C(C1CC1)C(c1ccccc1F)N1CCC(S)/C(=C/Cn2cccn2)C1. The fraction of sp³-hybridized carbons (Fsp3) is 0.429. The first kappa shape index (κ1) is 18.4. The molecule has 0 bridgehead atoms. The molecule has 2 fully saturated rings. The van der Waals surface area contributed by atoms with Crippen LogP contribution >= 0.6 is 12.6 Å². The van der Waals surface area contributed by atoms with Gasteiger partial charge in [-0.3, -0.25) is 14.4 Å². The summed E-state index contributed by atoms with van der Waals surface area (Å²) in [4.78, 5) is 15.2. The number of aromatic nitrogens is 2. The van der Waals surface area contributed by atoms with Gasteiger partial charge < -0.3 is 0 Å². The van der Waals surface area contributed by atoms with Crippen LogP contribution in [0.25, 0.3) is 0 Å². The summed E-state index contributed by atoms with van der Waals surface area (Å²) in [7, 11) is 0. The smallest absolute Gasteiger partial charge is 0.157 e. The number of halogens is 1. The number of hydrogen-bond acceptors (Lipinski definition) is 4. The topological polar surface area (TPSA) is 38.1 Å². The van der Waals surface area contributed by atoms with Crippen LogP contribution < -0.4 is 0 Å². The molecule has 1 aromatic carbocycles. The molecule has 4 nitrogen and oxygen atoms in total. The van der Waals surface area contributed by atoms with Crippen LogP contribution in [0.2, 0.25) is 0 Å². The summed E-state index contributed by atoms with van der Waals surface area (Å²) in [6.45, 7) is 2.05. The fourth-order valence-electron chi connectivity index (χ4n) is 3.75. The number of benzene rings is 1. The van der Waals surface area contributed by atoms with E-state index < -0.39 is 6.04 Å². The number of carbonyl (C=O) groups excluding carboxylic acids is 1. The molecular weight excluding hydrogens is 361 g/mol. The summed E-state index contributed by atoms with van der Waals surface area (Å²) in [6.07, 6.45) is 8.51. The second-order valence-corrected chi connectivity index (χ2v) is 8.01. The van der Waals surface area contributed by atoms with Crippen molar-refractivity contribution in [1.29, 1.82) is 0 Å². The van der Waals surface area contributed by atoms with Crippen LogP contribution in [0.1, 0.15) is 30.9 Å². The van der Waals surface area contributed by atoms with E-state index in [1.807, 2.05) is 23.0 Å². The Hall–Kier alpha value is -1.92. The van der Waals surface area contributed by atoms with Gasteiger partial charge in [0.25, 0.3) is 0 Å². The maximum absolute atomic E-state index is 14.5. The van der Waals surface area contributed by atoms with Gasteiger partial charge in [-0.15, -0.1) is 0 Å². The summed E-state index contributed by atoms with van der Waals surface area (Å²) in [5.74, 6) is -0.0597. The Morgan fingerprint density at radius 3 is 2.81 bits per heavy atom. The van der Waals surface area contributed by atoms with Crippen LogP contribution in [-0.4, -0.2) is 38.8 Å². The Bertz CT molecular complexity index is 832. The van der Waals surface area contributed by atoms with Crippen molar-refractivity contribution in [2.24, 2.45) is 5.92 Å². The van der Waals surface area contributed by atoms with Gasteiger partial charge in [-0.05, 0) is 37.0 Å². The monoisotopic (exact) mass is 385 g/mol. The minimum absolute atomic E-state index is 0.0832. The van der Waals surface area contributed by atoms with E-state index >= 15 is 0 Å². The normalized spacial score (nSPS) is 23.5. The van der Waals surface area contributed by atoms with Gasteiger partial charge in [-0.2, -0.15) is 17.7 Å². The van der Waals surface area contributed by atoms with E-state index in [9.17, 15) is 9.18 Å². The van der Waals surface area contributed by atoms with E-state index in [1.165, 1.54) is 11.6 Å². The molecule has 2 aliphatic rings. The molecule has 0 spiro atoms. The Kier molecular flexibility index (Phi) is 5.45. The van der Waals surface area contributed by atoms with Gasteiger partial charge in [-0.25, -0.2) is 4.39 Å².